The van der Waals surface area contributed by atoms with Crippen LogP contribution in [-0.4, -0.2) is 56.1 Å². The molecule has 2 amide bonds. The average molecular weight is 601 g/mol. The van der Waals surface area contributed by atoms with Crippen LogP contribution in [0, 0.1) is 5.92 Å². The van der Waals surface area contributed by atoms with E-state index in [1.807, 2.05) is 24.3 Å². The summed E-state index contributed by atoms with van der Waals surface area (Å²) in [5.74, 6) is 1.25. The second kappa shape index (κ2) is 14.0. The third-order valence-electron chi connectivity index (χ3n) is 5.78. The molecule has 0 aliphatic carbocycles. The van der Waals surface area contributed by atoms with Crippen molar-refractivity contribution < 1.29 is 23.8 Å². The number of nitrogens with zero attached hydrogens (tertiary/aromatic N) is 1. The summed E-state index contributed by atoms with van der Waals surface area (Å²) >= 11 is 10.9. The number of nitrogens with one attached hydrogen (secondary N) is 2. The number of benzene rings is 2. The zero-order valence-electron chi connectivity index (χ0n) is 20.5. The lowest BCUT2D eigenvalue weighted by Gasteiger charge is -2.32. The minimum Gasteiger partial charge on any atom is -0.493 e. The lowest BCUT2D eigenvalue weighted by Crippen LogP contribution is -2.46. The Balaban J connectivity index is 1.41. The molecule has 36 heavy (non-hydrogen) atoms. The highest BCUT2D eigenvalue weighted by Crippen LogP contribution is 2.34. The molecule has 1 fully saturated rings. The Hall–Kier alpha value is -2.14. The Bertz CT molecular complexity index is 1040. The maximum atomic E-state index is 12.3. The number of carbonyl (C=O) groups excluding carboxylic acids is 2. The highest BCUT2D eigenvalue weighted by molar-refractivity contribution is 9.10. The Labute approximate surface area is 229 Å². The lowest BCUT2D eigenvalue weighted by molar-refractivity contribution is -0.121. The Morgan fingerprint density at radius 3 is 2.56 bits per heavy atom. The Morgan fingerprint density at radius 2 is 1.86 bits per heavy atom. The summed E-state index contributed by atoms with van der Waals surface area (Å²) in [6.45, 7) is 4.54. The number of hydrogen-bond acceptors (Lipinski definition) is 7. The fourth-order valence-electron chi connectivity index (χ4n) is 3.90. The molecule has 1 heterocycles. The number of likely N-dealkylation sites (tertiary alicyclic amines) is 1. The van der Waals surface area contributed by atoms with Crippen LogP contribution >= 0.6 is 39.3 Å². The number of amides is 2. The molecule has 2 aromatic carbocycles. The van der Waals surface area contributed by atoms with E-state index in [2.05, 4.69) is 31.7 Å². The zero-order valence-corrected chi connectivity index (χ0v) is 23.7. The van der Waals surface area contributed by atoms with E-state index in [9.17, 15) is 9.59 Å². The van der Waals surface area contributed by atoms with E-state index in [0.29, 0.717) is 16.5 Å². The van der Waals surface area contributed by atoms with Gasteiger partial charge < -0.3 is 14.2 Å². The topological polar surface area (TPSA) is 89.1 Å². The quantitative estimate of drug-likeness (QED) is 0.299. The Morgan fingerprint density at radius 1 is 1.17 bits per heavy atom. The molecule has 0 saturated carbocycles. The minimum absolute atomic E-state index is 0.207. The average Bonchev–Trinajstić information content (AvgIpc) is 2.88. The van der Waals surface area contributed by atoms with Crippen molar-refractivity contribution in [2.24, 2.45) is 5.92 Å². The van der Waals surface area contributed by atoms with Gasteiger partial charge in [-0.2, -0.15) is 0 Å². The van der Waals surface area contributed by atoms with Crippen LogP contribution < -0.4 is 20.3 Å². The molecule has 0 spiro atoms. The third-order valence-corrected chi connectivity index (χ3v) is 7.89. The first-order valence-electron chi connectivity index (χ1n) is 11.6. The van der Waals surface area contributed by atoms with E-state index in [1.54, 1.807) is 33.3 Å². The van der Waals surface area contributed by atoms with Crippen molar-refractivity contribution >= 4 is 51.3 Å². The van der Waals surface area contributed by atoms with Gasteiger partial charge >= 0.3 is 6.09 Å². The summed E-state index contributed by atoms with van der Waals surface area (Å²) in [5.41, 5.74) is 5.86. The molecule has 2 N–H and O–H groups in total. The summed E-state index contributed by atoms with van der Waals surface area (Å²) in [5, 5.41) is 0.227. The number of hydrazine groups is 1. The molecule has 0 bridgehead atoms. The summed E-state index contributed by atoms with van der Waals surface area (Å²) in [4.78, 5) is 27.7. The standard InChI is InChI=1S/C25H31BrClN3O5S/c1-16(36-20-8-6-19(27)7-9-20)24(31)28-29-25(32)35-15-17-5-4-10-30(13-17)14-18-11-22(33-2)23(34-3)12-21(18)26/h6-9,11-12,16-17H,4-5,10,13-15H2,1-3H3,(H,28,31)(H,29,32). The molecule has 2 unspecified atom stereocenters. The smallest absolute Gasteiger partial charge is 0.426 e. The minimum atomic E-state index is -0.674. The van der Waals surface area contributed by atoms with Crippen molar-refractivity contribution in [1.82, 2.24) is 15.8 Å². The van der Waals surface area contributed by atoms with Crippen LogP contribution in [0.25, 0.3) is 0 Å². The van der Waals surface area contributed by atoms with E-state index >= 15 is 0 Å². The van der Waals surface area contributed by atoms with E-state index in [4.69, 9.17) is 25.8 Å². The van der Waals surface area contributed by atoms with Crippen LogP contribution in [0.3, 0.4) is 0 Å². The summed E-state index contributed by atoms with van der Waals surface area (Å²) in [6, 6.07) is 11.1. The molecule has 2 atom stereocenters. The van der Waals surface area contributed by atoms with Crippen LogP contribution in [0.4, 0.5) is 4.79 Å². The van der Waals surface area contributed by atoms with Crippen LogP contribution in [0.2, 0.25) is 5.02 Å². The predicted octanol–water partition coefficient (Wildman–Crippen LogP) is 5.27. The number of halogens is 2. The number of rotatable bonds is 9. The first kappa shape index (κ1) is 28.4. The monoisotopic (exact) mass is 599 g/mol. The van der Waals surface area contributed by atoms with E-state index in [-0.39, 0.29) is 18.4 Å². The van der Waals surface area contributed by atoms with Gasteiger partial charge in [-0.15, -0.1) is 11.8 Å². The maximum absolute atomic E-state index is 12.3. The molecule has 196 valence electrons. The number of carbonyl (C=O) groups is 2. The normalized spacial score (nSPS) is 16.6. The highest BCUT2D eigenvalue weighted by atomic mass is 79.9. The molecule has 0 aromatic heterocycles. The predicted molar refractivity (Wildman–Crippen MR) is 145 cm³/mol. The van der Waals surface area contributed by atoms with Crippen molar-refractivity contribution in [2.45, 2.75) is 36.5 Å². The number of methoxy groups -OCH3 is 2. The van der Waals surface area contributed by atoms with Crippen LogP contribution in [0.5, 0.6) is 11.5 Å². The van der Waals surface area contributed by atoms with Gasteiger partial charge in [0.2, 0.25) is 0 Å². The molecule has 1 saturated heterocycles. The van der Waals surface area contributed by atoms with Gasteiger partial charge in [-0.05, 0) is 68.3 Å². The number of thioether (sulfide) groups is 1. The summed E-state index contributed by atoms with van der Waals surface area (Å²) in [7, 11) is 3.23. The van der Waals surface area contributed by atoms with E-state index in [1.165, 1.54) is 11.8 Å². The van der Waals surface area contributed by atoms with Gasteiger partial charge in [-0.3, -0.25) is 15.1 Å². The molecular formula is C25H31BrClN3O5S. The van der Waals surface area contributed by atoms with E-state index in [0.717, 1.165) is 47.4 Å². The van der Waals surface area contributed by atoms with Gasteiger partial charge in [-0.25, -0.2) is 10.2 Å². The molecular weight excluding hydrogens is 570 g/mol. The highest BCUT2D eigenvalue weighted by Gasteiger charge is 2.23. The molecule has 0 radical (unpaired) electrons. The van der Waals surface area contributed by atoms with Gasteiger partial charge in [-0.1, -0.05) is 27.5 Å². The van der Waals surface area contributed by atoms with Gasteiger partial charge in [0, 0.05) is 33.4 Å². The first-order valence-corrected chi connectivity index (χ1v) is 13.6. The summed E-state index contributed by atoms with van der Waals surface area (Å²) < 4.78 is 17.1. The van der Waals surface area contributed by atoms with Gasteiger partial charge in [0.15, 0.2) is 11.5 Å². The number of hydrogen-bond donors (Lipinski definition) is 2. The zero-order chi connectivity index (χ0) is 26.1. The Kier molecular flexibility index (Phi) is 11.0. The maximum Gasteiger partial charge on any atom is 0.426 e. The fourth-order valence-corrected chi connectivity index (χ4v) is 5.35. The second-order valence-electron chi connectivity index (χ2n) is 8.47. The van der Waals surface area contributed by atoms with Gasteiger partial charge in [0.1, 0.15) is 0 Å². The van der Waals surface area contributed by atoms with Crippen molar-refractivity contribution in [2.75, 3.05) is 33.9 Å². The molecule has 1 aliphatic heterocycles. The van der Waals surface area contributed by atoms with Crippen molar-refractivity contribution in [3.05, 3.63) is 51.5 Å². The molecule has 8 nitrogen and oxygen atoms in total. The largest absolute Gasteiger partial charge is 0.493 e. The van der Waals surface area contributed by atoms with Gasteiger partial charge in [0.25, 0.3) is 5.91 Å². The molecule has 2 aromatic rings. The summed E-state index contributed by atoms with van der Waals surface area (Å²) in [6.07, 6.45) is 1.31. The first-order chi connectivity index (χ1) is 17.3. The van der Waals surface area contributed by atoms with Gasteiger partial charge in [0.05, 0.1) is 26.1 Å². The van der Waals surface area contributed by atoms with Crippen molar-refractivity contribution in [1.29, 1.82) is 0 Å². The third kappa shape index (κ3) is 8.47. The van der Waals surface area contributed by atoms with Crippen molar-refractivity contribution in [3.63, 3.8) is 0 Å². The van der Waals surface area contributed by atoms with E-state index < -0.39 is 11.3 Å². The SMILES string of the molecule is COc1cc(Br)c(CN2CCCC(COC(=O)NNC(=O)C(C)Sc3ccc(Cl)cc3)C2)cc1OC. The van der Waals surface area contributed by atoms with Crippen molar-refractivity contribution in [3.8, 4) is 11.5 Å². The molecule has 3 rings (SSSR count). The van der Waals surface area contributed by atoms with Crippen LogP contribution in [0.15, 0.2) is 45.8 Å². The fraction of sp³-hybridized carbons (Fsp3) is 0.440. The molecule has 11 heteroatoms. The lowest BCUT2D eigenvalue weighted by atomic mass is 9.98. The number of piperidine rings is 1. The second-order valence-corrected chi connectivity index (χ2v) is 11.2. The number of ether oxygens (including phenoxy) is 3. The van der Waals surface area contributed by atoms with Crippen LogP contribution in [0.1, 0.15) is 25.3 Å². The van der Waals surface area contributed by atoms with Crippen LogP contribution in [-0.2, 0) is 16.1 Å². The molecule has 1 aliphatic rings.